The Morgan fingerprint density at radius 3 is 2.05 bits per heavy atom. The maximum absolute atomic E-state index is 12.2. The first-order chi connectivity index (χ1) is 9.64. The Kier molecular flexibility index (Phi) is 8.48. The van der Waals surface area contributed by atoms with E-state index in [2.05, 4.69) is 34.7 Å². The normalized spacial score (nSPS) is 14.7. The van der Waals surface area contributed by atoms with Crippen LogP contribution in [0.4, 0.5) is 0 Å². The monoisotopic (exact) mass is 365 g/mol. The fraction of sp³-hybridized carbons (Fsp3) is 0.867. The van der Waals surface area contributed by atoms with Crippen LogP contribution in [0, 0.1) is 5.41 Å². The van der Waals surface area contributed by atoms with Gasteiger partial charge in [0, 0.05) is 6.54 Å². The van der Waals surface area contributed by atoms with Crippen LogP contribution in [-0.4, -0.2) is 54.5 Å². The van der Waals surface area contributed by atoms with Gasteiger partial charge in [0.15, 0.2) is 0 Å². The van der Waals surface area contributed by atoms with Crippen molar-refractivity contribution in [2.45, 2.75) is 45.4 Å². The fourth-order valence-corrected chi connectivity index (χ4v) is 2.11. The van der Waals surface area contributed by atoms with E-state index in [1.165, 1.54) is 7.11 Å². The van der Waals surface area contributed by atoms with Gasteiger partial charge in [-0.1, -0.05) is 29.8 Å². The molecule has 0 heterocycles. The van der Waals surface area contributed by atoms with Crippen LogP contribution in [0.5, 0.6) is 0 Å². The highest BCUT2D eigenvalue weighted by Gasteiger charge is 2.52. The van der Waals surface area contributed by atoms with Crippen LogP contribution in [0.1, 0.15) is 41.0 Å². The Labute approximate surface area is 136 Å². The van der Waals surface area contributed by atoms with Gasteiger partial charge in [-0.25, -0.2) is 0 Å². The molecule has 0 aliphatic carbocycles. The van der Waals surface area contributed by atoms with E-state index in [0.717, 1.165) is 26.1 Å². The zero-order valence-corrected chi connectivity index (χ0v) is 15.6. The lowest BCUT2D eigenvalue weighted by atomic mass is 9.80. The van der Waals surface area contributed by atoms with Crippen molar-refractivity contribution in [2.75, 3.05) is 33.4 Å². The highest BCUT2D eigenvalue weighted by molar-refractivity contribution is 9.10. The molecule has 0 aliphatic rings. The number of nitrogens with zero attached hydrogens (tertiary/aromatic N) is 1. The molecule has 0 N–H and O–H groups in total. The number of hydrogen-bond donors (Lipinski definition) is 0. The van der Waals surface area contributed by atoms with Crippen molar-refractivity contribution < 1.29 is 19.1 Å². The molecule has 0 fully saturated rings. The van der Waals surface area contributed by atoms with E-state index in [1.54, 1.807) is 20.8 Å². The summed E-state index contributed by atoms with van der Waals surface area (Å²) in [6, 6.07) is 0. The van der Waals surface area contributed by atoms with Gasteiger partial charge >= 0.3 is 11.9 Å². The summed E-state index contributed by atoms with van der Waals surface area (Å²) < 4.78 is 8.94. The Bertz CT molecular complexity index is 352. The maximum Gasteiger partial charge on any atom is 0.323 e. The first kappa shape index (κ1) is 20.4. The Balaban J connectivity index is 4.47. The van der Waals surface area contributed by atoms with Crippen LogP contribution < -0.4 is 0 Å². The molecule has 0 aromatic carbocycles. The third-order valence-corrected chi connectivity index (χ3v) is 5.31. The zero-order valence-electron chi connectivity index (χ0n) is 14.0. The van der Waals surface area contributed by atoms with Gasteiger partial charge in [-0.15, -0.1) is 0 Å². The van der Waals surface area contributed by atoms with Crippen LogP contribution in [0.3, 0.4) is 0 Å². The molecule has 0 amide bonds. The first-order valence-corrected chi connectivity index (χ1v) is 8.11. The second-order valence-electron chi connectivity index (χ2n) is 5.64. The molecule has 0 rings (SSSR count). The molecule has 21 heavy (non-hydrogen) atoms. The summed E-state index contributed by atoms with van der Waals surface area (Å²) in [5.41, 5.74) is -1.02. The van der Waals surface area contributed by atoms with Gasteiger partial charge in [-0.2, -0.15) is 0 Å². The van der Waals surface area contributed by atoms with E-state index in [9.17, 15) is 9.59 Å². The van der Waals surface area contributed by atoms with Gasteiger partial charge in [0.25, 0.3) is 0 Å². The summed E-state index contributed by atoms with van der Waals surface area (Å²) in [5.74, 6) is -0.903. The van der Waals surface area contributed by atoms with E-state index in [0.29, 0.717) is 6.61 Å². The average molecular weight is 366 g/mol. The van der Waals surface area contributed by atoms with Crippen molar-refractivity contribution in [1.82, 2.24) is 4.90 Å². The summed E-state index contributed by atoms with van der Waals surface area (Å²) >= 11 is 3.33. The smallest absolute Gasteiger partial charge is 0.323 e. The number of alkyl halides is 1. The lowest BCUT2D eigenvalue weighted by Crippen LogP contribution is -2.49. The number of methoxy groups -OCH3 is 1. The molecule has 0 saturated heterocycles. The topological polar surface area (TPSA) is 55.8 Å². The first-order valence-electron chi connectivity index (χ1n) is 7.32. The Morgan fingerprint density at radius 2 is 1.62 bits per heavy atom. The van der Waals surface area contributed by atoms with Crippen molar-refractivity contribution in [3.8, 4) is 0 Å². The molecule has 0 bridgehead atoms. The minimum Gasteiger partial charge on any atom is -0.469 e. The highest BCUT2D eigenvalue weighted by Crippen LogP contribution is 2.40. The molecule has 0 radical (unpaired) electrons. The van der Waals surface area contributed by atoms with Crippen molar-refractivity contribution in [3.05, 3.63) is 0 Å². The van der Waals surface area contributed by atoms with E-state index < -0.39 is 21.7 Å². The molecule has 5 nitrogen and oxygen atoms in total. The Morgan fingerprint density at radius 1 is 1.10 bits per heavy atom. The summed E-state index contributed by atoms with van der Waals surface area (Å²) in [5, 5.41) is 0. The Hall–Kier alpha value is -0.620. The molecule has 0 aliphatic heterocycles. The molecule has 0 saturated carbocycles. The molecule has 6 heteroatoms. The van der Waals surface area contributed by atoms with Gasteiger partial charge in [-0.05, 0) is 40.3 Å². The van der Waals surface area contributed by atoms with Crippen LogP contribution in [0.25, 0.3) is 0 Å². The largest absolute Gasteiger partial charge is 0.469 e. The highest BCUT2D eigenvalue weighted by atomic mass is 79.9. The van der Waals surface area contributed by atoms with Crippen molar-refractivity contribution in [2.24, 2.45) is 5.41 Å². The SMILES string of the molecule is CCN(CC)CCCOC(=O)C(C)(Br)C(C)(C)C(=O)OC. The summed E-state index contributed by atoms with van der Waals surface area (Å²) in [6.45, 7) is 12.3. The zero-order chi connectivity index (χ0) is 16.7. The van der Waals surface area contributed by atoms with Gasteiger partial charge in [0.2, 0.25) is 0 Å². The predicted molar refractivity (Wildman–Crippen MR) is 86.5 cm³/mol. The van der Waals surface area contributed by atoms with Crippen LogP contribution in [0.2, 0.25) is 0 Å². The van der Waals surface area contributed by atoms with Gasteiger partial charge in [0.1, 0.15) is 4.32 Å². The number of carbonyl (C=O) groups is 2. The molecule has 1 unspecified atom stereocenters. The molecule has 1 atom stereocenters. The molecule has 0 spiro atoms. The molecule has 0 aromatic heterocycles. The fourth-order valence-electron chi connectivity index (χ4n) is 1.83. The number of halogens is 1. The summed E-state index contributed by atoms with van der Waals surface area (Å²) in [6.07, 6.45) is 0.773. The van der Waals surface area contributed by atoms with Crippen molar-refractivity contribution in [3.63, 3.8) is 0 Å². The number of ether oxygens (including phenoxy) is 2. The maximum atomic E-state index is 12.2. The van der Waals surface area contributed by atoms with Crippen LogP contribution >= 0.6 is 15.9 Å². The van der Waals surface area contributed by atoms with Gasteiger partial charge in [0.05, 0.1) is 19.1 Å². The average Bonchev–Trinajstić information content (AvgIpc) is 2.45. The predicted octanol–water partition coefficient (Wildman–Crippen LogP) is 2.61. The van der Waals surface area contributed by atoms with E-state index >= 15 is 0 Å². The van der Waals surface area contributed by atoms with Crippen LogP contribution in [-0.2, 0) is 19.1 Å². The summed E-state index contributed by atoms with van der Waals surface area (Å²) in [7, 11) is 1.31. The number of esters is 2. The number of hydrogen-bond acceptors (Lipinski definition) is 5. The second-order valence-corrected chi connectivity index (χ2v) is 7.22. The minimum absolute atomic E-state index is 0.341. The van der Waals surface area contributed by atoms with Gasteiger partial charge < -0.3 is 14.4 Å². The quantitative estimate of drug-likeness (QED) is 0.357. The minimum atomic E-state index is -1.12. The van der Waals surface area contributed by atoms with E-state index in [4.69, 9.17) is 9.47 Å². The van der Waals surface area contributed by atoms with Crippen molar-refractivity contribution >= 4 is 27.9 Å². The van der Waals surface area contributed by atoms with Gasteiger partial charge in [-0.3, -0.25) is 9.59 Å². The summed E-state index contributed by atoms with van der Waals surface area (Å²) in [4.78, 5) is 26.3. The lowest BCUT2D eigenvalue weighted by molar-refractivity contribution is -0.161. The van der Waals surface area contributed by atoms with Crippen LogP contribution in [0.15, 0.2) is 0 Å². The molecular formula is C15H28BrNO4. The number of rotatable bonds is 9. The van der Waals surface area contributed by atoms with E-state index in [-0.39, 0.29) is 0 Å². The molecule has 0 aromatic rings. The standard InChI is InChI=1S/C15H28BrNO4/c1-7-17(8-2)10-9-11-21-13(19)15(5,16)14(3,4)12(18)20-6/h7-11H2,1-6H3. The number of carbonyl (C=O) groups excluding carboxylic acids is 2. The lowest BCUT2D eigenvalue weighted by Gasteiger charge is -2.34. The van der Waals surface area contributed by atoms with E-state index in [1.807, 2.05) is 0 Å². The second kappa shape index (κ2) is 8.73. The third kappa shape index (κ3) is 5.25. The molecular weight excluding hydrogens is 338 g/mol. The molecule has 124 valence electrons. The third-order valence-electron chi connectivity index (χ3n) is 4.00. The van der Waals surface area contributed by atoms with Crippen molar-refractivity contribution in [1.29, 1.82) is 0 Å².